The van der Waals surface area contributed by atoms with E-state index in [0.717, 1.165) is 48.3 Å². The van der Waals surface area contributed by atoms with Crippen LogP contribution in [0, 0.1) is 0 Å². The Kier molecular flexibility index (Phi) is 6.12. The number of nitrogens with one attached hydrogen (secondary N) is 2. The van der Waals surface area contributed by atoms with Crippen LogP contribution in [0.4, 0.5) is 0 Å². The van der Waals surface area contributed by atoms with Gasteiger partial charge in [-0.25, -0.2) is 4.79 Å². The highest BCUT2D eigenvalue weighted by Gasteiger charge is 2.09. The predicted molar refractivity (Wildman–Crippen MR) is 123 cm³/mol. The van der Waals surface area contributed by atoms with Crippen LogP contribution in [0.2, 0.25) is 0 Å². The highest BCUT2D eigenvalue weighted by atomic mass is 16.1. The van der Waals surface area contributed by atoms with Crippen LogP contribution in [0.25, 0.3) is 22.2 Å². The fraction of sp³-hybridized carbons (Fsp3) is 0.240. The number of imidazole rings is 1. The molecule has 0 aliphatic heterocycles. The monoisotopic (exact) mass is 400 g/mol. The molecular formula is C25H28N4O. The number of H-pyrrole nitrogens is 2. The van der Waals surface area contributed by atoms with Gasteiger partial charge in [-0.15, -0.1) is 0 Å². The van der Waals surface area contributed by atoms with Gasteiger partial charge in [-0.3, -0.25) is 4.90 Å². The first kappa shape index (κ1) is 20.1. The van der Waals surface area contributed by atoms with E-state index in [4.69, 9.17) is 0 Å². The summed E-state index contributed by atoms with van der Waals surface area (Å²) >= 11 is 0. The number of aromatic amines is 2. The second kappa shape index (κ2) is 9.11. The molecule has 4 aromatic rings. The molecule has 154 valence electrons. The van der Waals surface area contributed by atoms with Gasteiger partial charge >= 0.3 is 5.69 Å². The second-order valence-electron chi connectivity index (χ2n) is 8.04. The van der Waals surface area contributed by atoms with Crippen molar-refractivity contribution in [3.63, 3.8) is 0 Å². The number of rotatable bonds is 8. The molecule has 4 rings (SSSR count). The topological polar surface area (TPSA) is 55.1 Å². The van der Waals surface area contributed by atoms with E-state index in [1.165, 1.54) is 11.1 Å². The minimum Gasteiger partial charge on any atom is -0.308 e. The number of likely N-dealkylation sites (N-methyl/N-ethyl adjacent to an activating group) is 1. The molecule has 0 saturated heterocycles. The molecule has 0 aliphatic rings. The van der Waals surface area contributed by atoms with Crippen LogP contribution in [0.15, 0.2) is 77.6 Å². The van der Waals surface area contributed by atoms with Crippen molar-refractivity contribution >= 4 is 11.0 Å². The van der Waals surface area contributed by atoms with Crippen molar-refractivity contribution < 1.29 is 0 Å². The zero-order chi connectivity index (χ0) is 20.9. The summed E-state index contributed by atoms with van der Waals surface area (Å²) in [6.07, 6.45) is 0. The Morgan fingerprint density at radius 2 is 1.40 bits per heavy atom. The summed E-state index contributed by atoms with van der Waals surface area (Å²) in [5.74, 6) is 0. The van der Waals surface area contributed by atoms with E-state index in [1.54, 1.807) is 0 Å². The highest BCUT2D eigenvalue weighted by Crippen LogP contribution is 2.24. The zero-order valence-corrected chi connectivity index (χ0v) is 17.6. The highest BCUT2D eigenvalue weighted by molar-refractivity contribution is 5.81. The Balaban J connectivity index is 1.56. The SMILES string of the molecule is CN(C)CCN(Cc1ccccc1)Cc1cccc(-c2ccc3[nH]c(=O)[nH]c3c2)c1. The summed E-state index contributed by atoms with van der Waals surface area (Å²) in [6, 6.07) is 25.3. The molecule has 0 radical (unpaired) electrons. The predicted octanol–water partition coefficient (Wildman–Crippen LogP) is 4.09. The van der Waals surface area contributed by atoms with E-state index in [0.29, 0.717) is 0 Å². The Hall–Kier alpha value is -3.15. The van der Waals surface area contributed by atoms with Crippen LogP contribution in [-0.2, 0) is 13.1 Å². The van der Waals surface area contributed by atoms with E-state index in [-0.39, 0.29) is 5.69 Å². The molecular weight excluding hydrogens is 372 g/mol. The number of hydrogen-bond acceptors (Lipinski definition) is 3. The summed E-state index contributed by atoms with van der Waals surface area (Å²) in [7, 11) is 4.23. The van der Waals surface area contributed by atoms with Crippen molar-refractivity contribution in [2.24, 2.45) is 0 Å². The quantitative estimate of drug-likeness (QED) is 0.468. The van der Waals surface area contributed by atoms with Gasteiger partial charge in [0, 0.05) is 26.2 Å². The summed E-state index contributed by atoms with van der Waals surface area (Å²) in [6.45, 7) is 3.84. The number of fused-ring (bicyclic) bond motifs is 1. The molecule has 1 heterocycles. The Bertz CT molecular complexity index is 1160. The lowest BCUT2D eigenvalue weighted by Gasteiger charge is -2.24. The summed E-state index contributed by atoms with van der Waals surface area (Å²) in [5, 5.41) is 0. The summed E-state index contributed by atoms with van der Waals surface area (Å²) < 4.78 is 0. The van der Waals surface area contributed by atoms with Crippen molar-refractivity contribution in [1.82, 2.24) is 19.8 Å². The van der Waals surface area contributed by atoms with Gasteiger partial charge in [-0.2, -0.15) is 0 Å². The van der Waals surface area contributed by atoms with Gasteiger partial charge in [0.25, 0.3) is 0 Å². The smallest absolute Gasteiger partial charge is 0.308 e. The van der Waals surface area contributed by atoms with E-state index in [1.807, 2.05) is 12.1 Å². The second-order valence-corrected chi connectivity index (χ2v) is 8.04. The van der Waals surface area contributed by atoms with E-state index >= 15 is 0 Å². The van der Waals surface area contributed by atoms with E-state index < -0.39 is 0 Å². The molecule has 0 aliphatic carbocycles. The fourth-order valence-corrected chi connectivity index (χ4v) is 3.72. The average Bonchev–Trinajstić information content (AvgIpc) is 3.12. The van der Waals surface area contributed by atoms with Gasteiger partial charge in [0.1, 0.15) is 0 Å². The van der Waals surface area contributed by atoms with Crippen LogP contribution in [0.1, 0.15) is 11.1 Å². The third-order valence-electron chi connectivity index (χ3n) is 5.29. The molecule has 1 aromatic heterocycles. The molecule has 3 aromatic carbocycles. The van der Waals surface area contributed by atoms with Crippen molar-refractivity contribution in [2.45, 2.75) is 13.1 Å². The average molecular weight is 401 g/mol. The first-order valence-electron chi connectivity index (χ1n) is 10.3. The molecule has 0 fully saturated rings. The summed E-state index contributed by atoms with van der Waals surface area (Å²) in [5.41, 5.74) is 6.36. The Morgan fingerprint density at radius 1 is 0.700 bits per heavy atom. The van der Waals surface area contributed by atoms with Crippen molar-refractivity contribution in [1.29, 1.82) is 0 Å². The number of hydrogen-bond donors (Lipinski definition) is 2. The molecule has 2 N–H and O–H groups in total. The lowest BCUT2D eigenvalue weighted by molar-refractivity contribution is 0.226. The Labute approximate surface area is 177 Å². The van der Waals surface area contributed by atoms with Crippen molar-refractivity contribution in [3.8, 4) is 11.1 Å². The summed E-state index contributed by atoms with van der Waals surface area (Å²) in [4.78, 5) is 21.9. The maximum atomic E-state index is 11.6. The van der Waals surface area contributed by atoms with Crippen LogP contribution in [-0.4, -0.2) is 47.0 Å². The largest absolute Gasteiger partial charge is 0.323 e. The number of nitrogens with zero attached hydrogens (tertiary/aromatic N) is 2. The Morgan fingerprint density at radius 3 is 2.20 bits per heavy atom. The van der Waals surface area contributed by atoms with Crippen molar-refractivity contribution in [3.05, 3.63) is 94.4 Å². The van der Waals surface area contributed by atoms with Gasteiger partial charge in [-0.1, -0.05) is 54.6 Å². The van der Waals surface area contributed by atoms with Crippen LogP contribution < -0.4 is 5.69 Å². The fourth-order valence-electron chi connectivity index (χ4n) is 3.72. The lowest BCUT2D eigenvalue weighted by Crippen LogP contribution is -2.31. The third-order valence-corrected chi connectivity index (χ3v) is 5.29. The number of aromatic nitrogens is 2. The lowest BCUT2D eigenvalue weighted by atomic mass is 10.0. The molecule has 30 heavy (non-hydrogen) atoms. The zero-order valence-electron chi connectivity index (χ0n) is 17.6. The molecule has 5 nitrogen and oxygen atoms in total. The third kappa shape index (κ3) is 5.06. The van der Waals surface area contributed by atoms with E-state index in [9.17, 15) is 4.79 Å². The van der Waals surface area contributed by atoms with Crippen LogP contribution in [0.3, 0.4) is 0 Å². The minimum atomic E-state index is -0.173. The van der Waals surface area contributed by atoms with Gasteiger partial charge < -0.3 is 14.9 Å². The first-order chi connectivity index (χ1) is 14.6. The molecule has 5 heteroatoms. The van der Waals surface area contributed by atoms with Gasteiger partial charge in [0.15, 0.2) is 0 Å². The van der Waals surface area contributed by atoms with Gasteiger partial charge in [0.05, 0.1) is 11.0 Å². The van der Waals surface area contributed by atoms with E-state index in [2.05, 4.69) is 94.5 Å². The van der Waals surface area contributed by atoms with Crippen LogP contribution in [0.5, 0.6) is 0 Å². The molecule has 0 unspecified atom stereocenters. The maximum absolute atomic E-state index is 11.6. The molecule has 0 saturated carbocycles. The molecule has 0 bridgehead atoms. The normalized spacial score (nSPS) is 11.6. The van der Waals surface area contributed by atoms with Crippen LogP contribution >= 0.6 is 0 Å². The molecule has 0 amide bonds. The molecule has 0 atom stereocenters. The first-order valence-corrected chi connectivity index (χ1v) is 10.3. The number of benzene rings is 3. The van der Waals surface area contributed by atoms with Gasteiger partial charge in [-0.05, 0) is 54.5 Å². The van der Waals surface area contributed by atoms with Crippen molar-refractivity contribution in [2.75, 3.05) is 27.2 Å². The maximum Gasteiger partial charge on any atom is 0.323 e. The minimum absolute atomic E-state index is 0.173. The van der Waals surface area contributed by atoms with Gasteiger partial charge in [0.2, 0.25) is 0 Å². The molecule has 0 spiro atoms. The standard InChI is InChI=1S/C25H28N4O/c1-28(2)13-14-29(17-19-7-4-3-5-8-19)18-20-9-6-10-21(15-20)22-11-12-23-24(16-22)27-25(30)26-23/h3-12,15-16H,13-14,17-18H2,1-2H3,(H2,26,27,30).